The van der Waals surface area contributed by atoms with E-state index in [2.05, 4.69) is 5.32 Å². The molecule has 1 aliphatic carbocycles. The number of hydrogen-bond donors (Lipinski definition) is 1. The van der Waals surface area contributed by atoms with Gasteiger partial charge in [0.05, 0.1) is 0 Å². The molecule has 1 saturated carbocycles. The van der Waals surface area contributed by atoms with Gasteiger partial charge in [-0.05, 0) is 54.7 Å². The molecule has 2 aliphatic rings. The maximum absolute atomic E-state index is 13.4. The number of benzene rings is 1. The SMILES string of the molecule is CC(=O)N1CCc2c(cn(-c3ccc(F)cc3)c(=O)c2C(=O)NC2CCCCCC2)C1. The zero-order chi connectivity index (χ0) is 22.0. The first-order valence-electron chi connectivity index (χ1n) is 11.0. The summed E-state index contributed by atoms with van der Waals surface area (Å²) < 4.78 is 14.8. The molecule has 2 heterocycles. The van der Waals surface area contributed by atoms with E-state index in [0.29, 0.717) is 30.8 Å². The van der Waals surface area contributed by atoms with E-state index in [1.165, 1.54) is 48.6 Å². The number of pyridine rings is 1. The summed E-state index contributed by atoms with van der Waals surface area (Å²) in [6.45, 7) is 2.34. The van der Waals surface area contributed by atoms with Crippen LogP contribution in [-0.4, -0.2) is 33.9 Å². The predicted octanol–water partition coefficient (Wildman–Crippen LogP) is 3.33. The largest absolute Gasteiger partial charge is 0.349 e. The van der Waals surface area contributed by atoms with E-state index >= 15 is 0 Å². The topological polar surface area (TPSA) is 71.4 Å². The Labute approximate surface area is 181 Å². The number of nitrogens with one attached hydrogen (secondary N) is 1. The number of aromatic nitrogens is 1. The first kappa shape index (κ1) is 21.3. The van der Waals surface area contributed by atoms with Gasteiger partial charge in [-0.25, -0.2) is 4.39 Å². The van der Waals surface area contributed by atoms with Crippen molar-refractivity contribution in [2.75, 3.05) is 6.54 Å². The van der Waals surface area contributed by atoms with Crippen molar-refractivity contribution in [2.24, 2.45) is 0 Å². The van der Waals surface area contributed by atoms with Crippen molar-refractivity contribution in [3.63, 3.8) is 0 Å². The minimum Gasteiger partial charge on any atom is -0.349 e. The van der Waals surface area contributed by atoms with E-state index in [4.69, 9.17) is 0 Å². The first-order chi connectivity index (χ1) is 14.9. The Morgan fingerprint density at radius 1 is 1.06 bits per heavy atom. The molecule has 4 rings (SSSR count). The Kier molecular flexibility index (Phi) is 6.20. The molecule has 6 nitrogen and oxygen atoms in total. The fourth-order valence-electron chi connectivity index (χ4n) is 4.63. The second-order valence-corrected chi connectivity index (χ2v) is 8.51. The lowest BCUT2D eigenvalue weighted by atomic mass is 9.95. The molecule has 0 spiro atoms. The maximum atomic E-state index is 13.4. The summed E-state index contributed by atoms with van der Waals surface area (Å²) in [7, 11) is 0. The van der Waals surface area contributed by atoms with Gasteiger partial charge in [0.2, 0.25) is 5.91 Å². The number of amides is 2. The molecule has 0 radical (unpaired) electrons. The van der Waals surface area contributed by atoms with Crippen LogP contribution in [0.2, 0.25) is 0 Å². The van der Waals surface area contributed by atoms with Gasteiger partial charge in [0.25, 0.3) is 11.5 Å². The highest BCUT2D eigenvalue weighted by Gasteiger charge is 2.28. The number of halogens is 1. The molecule has 2 amide bonds. The average molecular weight is 426 g/mol. The molecule has 2 aromatic rings. The van der Waals surface area contributed by atoms with E-state index < -0.39 is 11.4 Å². The van der Waals surface area contributed by atoms with Gasteiger partial charge in [0.15, 0.2) is 0 Å². The smallest absolute Gasteiger partial charge is 0.268 e. The van der Waals surface area contributed by atoms with Gasteiger partial charge in [0, 0.05) is 37.9 Å². The molecule has 7 heteroatoms. The standard InChI is InChI=1S/C24H28FN3O3/c1-16(29)27-13-12-21-17(14-27)15-28(20-10-8-18(25)9-11-20)24(31)22(21)23(30)26-19-6-4-2-3-5-7-19/h8-11,15,19H,2-7,12-14H2,1H3,(H,26,30). The van der Waals surface area contributed by atoms with E-state index in [1.807, 2.05) is 0 Å². The summed E-state index contributed by atoms with van der Waals surface area (Å²) in [5.74, 6) is -0.792. The van der Waals surface area contributed by atoms with Crippen LogP contribution in [0.25, 0.3) is 5.69 Å². The number of nitrogens with zero attached hydrogens (tertiary/aromatic N) is 2. The number of carbonyl (C=O) groups excluding carboxylic acids is 2. The Morgan fingerprint density at radius 3 is 2.39 bits per heavy atom. The fraction of sp³-hybridized carbons (Fsp3) is 0.458. The monoisotopic (exact) mass is 425 g/mol. The fourth-order valence-corrected chi connectivity index (χ4v) is 4.63. The third-order valence-corrected chi connectivity index (χ3v) is 6.37. The van der Waals surface area contributed by atoms with Crippen LogP contribution >= 0.6 is 0 Å². The van der Waals surface area contributed by atoms with Gasteiger partial charge < -0.3 is 10.2 Å². The van der Waals surface area contributed by atoms with Crippen LogP contribution in [0.15, 0.2) is 35.3 Å². The van der Waals surface area contributed by atoms with Crippen LogP contribution in [-0.2, 0) is 17.8 Å². The summed E-state index contributed by atoms with van der Waals surface area (Å²) in [6, 6.07) is 5.67. The molecular formula is C24H28FN3O3. The third kappa shape index (κ3) is 4.55. The molecule has 164 valence electrons. The van der Waals surface area contributed by atoms with Gasteiger partial charge >= 0.3 is 0 Å². The third-order valence-electron chi connectivity index (χ3n) is 6.37. The summed E-state index contributed by atoms with van der Waals surface area (Å²) in [6.07, 6.45) is 8.48. The van der Waals surface area contributed by atoms with Crippen LogP contribution in [0.4, 0.5) is 4.39 Å². The molecule has 1 aromatic heterocycles. The van der Waals surface area contributed by atoms with Crippen molar-refractivity contribution < 1.29 is 14.0 Å². The average Bonchev–Trinajstić information content (AvgIpc) is 3.02. The number of hydrogen-bond acceptors (Lipinski definition) is 3. The van der Waals surface area contributed by atoms with Crippen molar-refractivity contribution in [1.82, 2.24) is 14.8 Å². The first-order valence-corrected chi connectivity index (χ1v) is 11.0. The second kappa shape index (κ2) is 9.04. The van der Waals surface area contributed by atoms with E-state index in [9.17, 15) is 18.8 Å². The van der Waals surface area contributed by atoms with Crippen molar-refractivity contribution in [3.8, 4) is 5.69 Å². The van der Waals surface area contributed by atoms with Crippen LogP contribution in [0.5, 0.6) is 0 Å². The number of rotatable bonds is 3. The lowest BCUT2D eigenvalue weighted by Gasteiger charge is -2.30. The molecule has 0 saturated heterocycles. The minimum absolute atomic E-state index is 0.0466. The second-order valence-electron chi connectivity index (χ2n) is 8.51. The zero-order valence-corrected chi connectivity index (χ0v) is 17.8. The van der Waals surface area contributed by atoms with E-state index in [1.54, 1.807) is 11.1 Å². The van der Waals surface area contributed by atoms with Gasteiger partial charge in [-0.1, -0.05) is 25.7 Å². The van der Waals surface area contributed by atoms with E-state index in [-0.39, 0.29) is 23.4 Å². The molecule has 0 bridgehead atoms. The Morgan fingerprint density at radius 2 is 1.74 bits per heavy atom. The minimum atomic E-state index is -0.409. The number of carbonyl (C=O) groups is 2. The summed E-state index contributed by atoms with van der Waals surface area (Å²) in [5.41, 5.74) is 1.71. The highest BCUT2D eigenvalue weighted by molar-refractivity contribution is 5.96. The summed E-state index contributed by atoms with van der Waals surface area (Å²) in [4.78, 5) is 40.3. The summed E-state index contributed by atoms with van der Waals surface area (Å²) in [5, 5.41) is 3.10. The van der Waals surface area contributed by atoms with Crippen LogP contribution < -0.4 is 10.9 Å². The van der Waals surface area contributed by atoms with Crippen LogP contribution in [0.1, 0.15) is 66.9 Å². The van der Waals surface area contributed by atoms with Gasteiger partial charge in [-0.3, -0.25) is 19.0 Å². The lowest BCUT2D eigenvalue weighted by molar-refractivity contribution is -0.129. The Bertz CT molecular complexity index is 1040. The molecule has 1 aromatic carbocycles. The molecular weight excluding hydrogens is 397 g/mol. The molecule has 0 atom stereocenters. The van der Waals surface area contributed by atoms with Gasteiger partial charge in [0.1, 0.15) is 11.4 Å². The van der Waals surface area contributed by atoms with Gasteiger partial charge in [-0.2, -0.15) is 0 Å². The van der Waals surface area contributed by atoms with Crippen molar-refractivity contribution in [3.05, 3.63) is 63.3 Å². The molecule has 1 N–H and O–H groups in total. The number of fused-ring (bicyclic) bond motifs is 1. The van der Waals surface area contributed by atoms with Gasteiger partial charge in [-0.15, -0.1) is 0 Å². The molecule has 31 heavy (non-hydrogen) atoms. The predicted molar refractivity (Wildman–Crippen MR) is 116 cm³/mol. The lowest BCUT2D eigenvalue weighted by Crippen LogP contribution is -2.42. The quantitative estimate of drug-likeness (QED) is 0.767. The highest BCUT2D eigenvalue weighted by atomic mass is 19.1. The van der Waals surface area contributed by atoms with E-state index in [0.717, 1.165) is 31.2 Å². The van der Waals surface area contributed by atoms with Crippen LogP contribution in [0, 0.1) is 5.82 Å². The van der Waals surface area contributed by atoms with Crippen LogP contribution in [0.3, 0.4) is 0 Å². The molecule has 1 aliphatic heterocycles. The zero-order valence-electron chi connectivity index (χ0n) is 17.8. The summed E-state index contributed by atoms with van der Waals surface area (Å²) >= 11 is 0. The maximum Gasteiger partial charge on any atom is 0.268 e. The molecule has 1 fully saturated rings. The molecule has 0 unspecified atom stereocenters. The van der Waals surface area contributed by atoms with Crippen molar-refractivity contribution in [2.45, 2.75) is 64.5 Å². The highest BCUT2D eigenvalue weighted by Crippen LogP contribution is 2.23. The van der Waals surface area contributed by atoms with Crippen molar-refractivity contribution in [1.29, 1.82) is 0 Å². The Balaban J connectivity index is 1.77. The normalized spacial score (nSPS) is 17.0. The Hall–Kier alpha value is -2.96. The van der Waals surface area contributed by atoms with Crippen molar-refractivity contribution >= 4 is 11.8 Å².